The Kier molecular flexibility index (Phi) is 5.88. The zero-order valence-corrected chi connectivity index (χ0v) is 17.0. The predicted molar refractivity (Wildman–Crippen MR) is 105 cm³/mol. The first-order valence-corrected chi connectivity index (χ1v) is 10.9. The summed E-state index contributed by atoms with van der Waals surface area (Å²) < 4.78 is 14.5. The average molecular weight is 341 g/mol. The normalized spacial score (nSPS) is 21.1. The van der Waals surface area contributed by atoms with E-state index in [4.69, 9.17) is 0 Å². The second-order valence-electron chi connectivity index (χ2n) is 7.51. The first kappa shape index (κ1) is 17.4. The number of rotatable bonds is 5. The Morgan fingerprint density at radius 1 is 0.958 bits per heavy atom. The minimum absolute atomic E-state index is 0.0870. The van der Waals surface area contributed by atoms with Gasteiger partial charge in [-0.25, -0.2) is 4.39 Å². The van der Waals surface area contributed by atoms with E-state index in [1.165, 1.54) is 54.0 Å². The van der Waals surface area contributed by atoms with Gasteiger partial charge >= 0.3 is 0 Å². The fourth-order valence-corrected chi connectivity index (χ4v) is 4.80. The van der Waals surface area contributed by atoms with E-state index in [-0.39, 0.29) is 5.82 Å². The highest BCUT2D eigenvalue weighted by atomic mass is 28.1. The number of halogens is 1. The van der Waals surface area contributed by atoms with Crippen molar-refractivity contribution in [3.63, 3.8) is 0 Å². The molecule has 24 heavy (non-hydrogen) atoms. The Balaban J connectivity index is 1.60. The summed E-state index contributed by atoms with van der Waals surface area (Å²) in [5.74, 6) is 1.78. The van der Waals surface area contributed by atoms with E-state index in [0.29, 0.717) is 5.56 Å². The van der Waals surface area contributed by atoms with E-state index in [2.05, 4.69) is 13.0 Å². The summed E-state index contributed by atoms with van der Waals surface area (Å²) in [7, 11) is 1.35. The van der Waals surface area contributed by atoms with Crippen molar-refractivity contribution in [1.82, 2.24) is 0 Å². The van der Waals surface area contributed by atoms with Gasteiger partial charge in [0.1, 0.15) is 5.82 Å². The van der Waals surface area contributed by atoms with Crippen molar-refractivity contribution in [1.29, 1.82) is 0 Å². The van der Waals surface area contributed by atoms with E-state index in [1.807, 2.05) is 30.3 Å². The first-order valence-electron chi connectivity index (χ1n) is 9.51. The third kappa shape index (κ3) is 4.35. The molecule has 0 aromatic heterocycles. The van der Waals surface area contributed by atoms with Crippen LogP contribution in [0.1, 0.15) is 43.2 Å². The fourth-order valence-electron chi connectivity index (χ4n) is 3.98. The lowest BCUT2D eigenvalue weighted by molar-refractivity contribution is 0.278. The molecule has 1 aliphatic rings. The van der Waals surface area contributed by atoms with Crippen LogP contribution in [0.2, 0.25) is 6.04 Å². The molecule has 0 unspecified atom stereocenters. The molecule has 0 nitrogen and oxygen atoms in total. The number of aryl methyl sites for hydroxylation is 2. The highest BCUT2D eigenvalue weighted by Crippen LogP contribution is 2.33. The van der Waals surface area contributed by atoms with Gasteiger partial charge < -0.3 is 0 Å². The minimum atomic E-state index is -0.0870. The molecule has 1 fully saturated rings. The second kappa shape index (κ2) is 8.11. The smallest absolute Gasteiger partial charge is 0.131 e. The molecule has 1 aliphatic carbocycles. The van der Waals surface area contributed by atoms with Gasteiger partial charge in [-0.2, -0.15) is 0 Å². The maximum atomic E-state index is 14.5. The van der Waals surface area contributed by atoms with E-state index in [1.54, 1.807) is 6.07 Å². The van der Waals surface area contributed by atoms with Gasteiger partial charge in [-0.05, 0) is 48.8 Å². The molecule has 0 bridgehead atoms. The van der Waals surface area contributed by atoms with Gasteiger partial charge in [0.25, 0.3) is 0 Å². The summed E-state index contributed by atoms with van der Waals surface area (Å²) in [4.78, 5) is 0. The molecule has 2 aromatic rings. The maximum Gasteiger partial charge on any atom is 0.131 e. The van der Waals surface area contributed by atoms with Crippen molar-refractivity contribution in [2.24, 2.45) is 11.8 Å². The van der Waals surface area contributed by atoms with Crippen molar-refractivity contribution < 1.29 is 4.39 Å². The standard InChI is InChI=1S/C22H29FSi/c1-16-2-11-20(12-3-16)21-13-10-18(14-22(21)23)7-4-17-5-8-19(15-24)9-6-17/h2-3,10-14,17,19H,4-9,15H2,1,24H3. The van der Waals surface area contributed by atoms with Crippen molar-refractivity contribution >= 4 is 10.2 Å². The quantitative estimate of drug-likeness (QED) is 0.646. The Morgan fingerprint density at radius 3 is 2.25 bits per heavy atom. The first-order chi connectivity index (χ1) is 11.7. The van der Waals surface area contributed by atoms with Crippen LogP contribution in [0.5, 0.6) is 0 Å². The molecular weight excluding hydrogens is 311 g/mol. The zero-order valence-electron chi connectivity index (χ0n) is 15.0. The van der Waals surface area contributed by atoms with Crippen LogP contribution in [0.4, 0.5) is 4.39 Å². The molecule has 0 atom stereocenters. The van der Waals surface area contributed by atoms with Gasteiger partial charge in [-0.15, -0.1) is 0 Å². The molecule has 0 N–H and O–H groups in total. The van der Waals surface area contributed by atoms with E-state index < -0.39 is 0 Å². The van der Waals surface area contributed by atoms with Gasteiger partial charge in [-0.1, -0.05) is 73.7 Å². The lowest BCUT2D eigenvalue weighted by atomic mass is 9.80. The molecule has 0 heterocycles. The minimum Gasteiger partial charge on any atom is -0.206 e. The van der Waals surface area contributed by atoms with Gasteiger partial charge in [0.2, 0.25) is 0 Å². The van der Waals surface area contributed by atoms with Crippen molar-refractivity contribution in [3.8, 4) is 11.1 Å². The highest BCUT2D eigenvalue weighted by Gasteiger charge is 2.19. The molecule has 2 heteroatoms. The topological polar surface area (TPSA) is 0 Å². The van der Waals surface area contributed by atoms with Crippen LogP contribution in [0.15, 0.2) is 42.5 Å². The molecule has 0 spiro atoms. The van der Waals surface area contributed by atoms with Crippen LogP contribution >= 0.6 is 0 Å². The van der Waals surface area contributed by atoms with Crippen LogP contribution < -0.4 is 0 Å². The lowest BCUT2D eigenvalue weighted by Crippen LogP contribution is -2.14. The molecule has 2 aromatic carbocycles. The molecule has 0 amide bonds. The van der Waals surface area contributed by atoms with Crippen LogP contribution in [-0.4, -0.2) is 10.2 Å². The summed E-state index contributed by atoms with van der Waals surface area (Å²) in [5.41, 5.74) is 4.03. The van der Waals surface area contributed by atoms with E-state index >= 15 is 0 Å². The molecule has 3 rings (SSSR count). The summed E-state index contributed by atoms with van der Waals surface area (Å²) in [6, 6.07) is 15.4. The number of hydrogen-bond acceptors (Lipinski definition) is 0. The van der Waals surface area contributed by atoms with Crippen LogP contribution in [0.3, 0.4) is 0 Å². The number of hydrogen-bond donors (Lipinski definition) is 0. The largest absolute Gasteiger partial charge is 0.206 e. The van der Waals surface area contributed by atoms with Gasteiger partial charge in [0.05, 0.1) is 0 Å². The Morgan fingerprint density at radius 2 is 1.62 bits per heavy atom. The maximum absolute atomic E-state index is 14.5. The van der Waals surface area contributed by atoms with Crippen molar-refractivity contribution in [2.45, 2.75) is 51.5 Å². The Labute approximate surface area is 148 Å². The fraction of sp³-hybridized carbons (Fsp3) is 0.455. The highest BCUT2D eigenvalue weighted by molar-refractivity contribution is 6.08. The SMILES string of the molecule is Cc1ccc(-c2ccc(CCC3CCC(C[SiH3])CC3)cc2F)cc1. The Bertz CT molecular complexity index is 654. The summed E-state index contributed by atoms with van der Waals surface area (Å²) in [6.07, 6.45) is 7.86. The molecule has 0 saturated heterocycles. The van der Waals surface area contributed by atoms with Gasteiger partial charge in [0.15, 0.2) is 0 Å². The summed E-state index contributed by atoms with van der Waals surface area (Å²) in [5, 5.41) is 0. The molecule has 1 saturated carbocycles. The predicted octanol–water partition coefficient (Wildman–Crippen LogP) is 5.32. The third-order valence-corrected chi connectivity index (χ3v) is 6.94. The molecule has 128 valence electrons. The monoisotopic (exact) mass is 340 g/mol. The van der Waals surface area contributed by atoms with Crippen molar-refractivity contribution in [3.05, 3.63) is 59.4 Å². The molecular formula is C22H29FSi. The lowest BCUT2D eigenvalue weighted by Gasteiger charge is -2.27. The second-order valence-corrected chi connectivity index (χ2v) is 8.33. The average Bonchev–Trinajstić information content (AvgIpc) is 2.61. The van der Waals surface area contributed by atoms with E-state index in [9.17, 15) is 4.39 Å². The molecule has 0 radical (unpaired) electrons. The van der Waals surface area contributed by atoms with E-state index in [0.717, 1.165) is 29.4 Å². The van der Waals surface area contributed by atoms with Gasteiger partial charge in [0, 0.05) is 15.8 Å². The zero-order chi connectivity index (χ0) is 16.9. The summed E-state index contributed by atoms with van der Waals surface area (Å²) >= 11 is 0. The third-order valence-electron chi connectivity index (χ3n) is 5.78. The van der Waals surface area contributed by atoms with Crippen molar-refractivity contribution in [2.75, 3.05) is 0 Å². The van der Waals surface area contributed by atoms with Gasteiger partial charge in [-0.3, -0.25) is 0 Å². The summed E-state index contributed by atoms with van der Waals surface area (Å²) in [6.45, 7) is 2.05. The molecule has 0 aliphatic heterocycles. The Hall–Kier alpha value is -1.41. The number of benzene rings is 2. The van der Waals surface area contributed by atoms with Crippen LogP contribution in [0.25, 0.3) is 11.1 Å². The van der Waals surface area contributed by atoms with Crippen LogP contribution in [0, 0.1) is 24.6 Å². The van der Waals surface area contributed by atoms with Crippen LogP contribution in [-0.2, 0) is 6.42 Å².